The fourth-order valence-corrected chi connectivity index (χ4v) is 2.47. The number of benzene rings is 1. The van der Waals surface area contributed by atoms with Crippen LogP contribution in [-0.4, -0.2) is 9.78 Å². The van der Waals surface area contributed by atoms with Gasteiger partial charge in [-0.15, -0.1) is 0 Å². The molecule has 88 valence electrons. The fourth-order valence-electron chi connectivity index (χ4n) is 2.47. The predicted octanol–water partition coefficient (Wildman–Crippen LogP) is 2.19. The van der Waals surface area contributed by atoms with Gasteiger partial charge in [0.15, 0.2) is 0 Å². The van der Waals surface area contributed by atoms with Crippen LogP contribution in [0.1, 0.15) is 30.7 Å². The summed E-state index contributed by atoms with van der Waals surface area (Å²) in [5, 5.41) is 4.72. The minimum Gasteiger partial charge on any atom is -0.234 e. The van der Waals surface area contributed by atoms with Crippen LogP contribution < -0.4 is 4.57 Å². The van der Waals surface area contributed by atoms with Gasteiger partial charge < -0.3 is 0 Å². The second kappa shape index (κ2) is 4.32. The summed E-state index contributed by atoms with van der Waals surface area (Å²) in [5.41, 5.74) is 2.46. The van der Waals surface area contributed by atoms with Crippen LogP contribution >= 0.6 is 0 Å². The van der Waals surface area contributed by atoms with Gasteiger partial charge in [0.05, 0.1) is 6.54 Å². The lowest BCUT2D eigenvalue weighted by atomic mass is 10.2. The molecule has 0 N–H and O–H groups in total. The van der Waals surface area contributed by atoms with E-state index in [0.29, 0.717) is 0 Å². The molecule has 3 heteroatoms. The minimum absolute atomic E-state index is 1.11. The van der Waals surface area contributed by atoms with Gasteiger partial charge in [-0.1, -0.05) is 22.9 Å². The molecule has 17 heavy (non-hydrogen) atoms. The highest BCUT2D eigenvalue weighted by molar-refractivity contribution is 5.38. The first-order valence-corrected chi connectivity index (χ1v) is 6.38. The smallest absolute Gasteiger partial charge is 0.234 e. The lowest BCUT2D eigenvalue weighted by molar-refractivity contribution is -0.703. The largest absolute Gasteiger partial charge is 0.277 e. The Hall–Kier alpha value is -1.64. The van der Waals surface area contributed by atoms with E-state index in [9.17, 15) is 0 Å². The van der Waals surface area contributed by atoms with E-state index in [-0.39, 0.29) is 0 Å². The standard InChI is InChI=1S/C14H18N3/c1-12-7-4-5-8-13(12)17-11-16-10-6-2-3-9-14(16)15-17/h4-5,7-8,11H,2-3,6,9-10H2,1H3/q+1. The van der Waals surface area contributed by atoms with Crippen molar-refractivity contribution in [2.45, 2.75) is 39.2 Å². The average molecular weight is 228 g/mol. The molecule has 1 aliphatic rings. The van der Waals surface area contributed by atoms with Crippen LogP contribution in [0.3, 0.4) is 0 Å². The van der Waals surface area contributed by atoms with Crippen LogP contribution in [0.5, 0.6) is 0 Å². The molecule has 0 fully saturated rings. The van der Waals surface area contributed by atoms with Crippen molar-refractivity contribution in [1.29, 1.82) is 0 Å². The van der Waals surface area contributed by atoms with Crippen LogP contribution in [0.15, 0.2) is 30.6 Å². The monoisotopic (exact) mass is 228 g/mol. The normalized spacial score (nSPS) is 15.4. The molecule has 3 rings (SSSR count). The lowest BCUT2D eigenvalue weighted by Gasteiger charge is -1.97. The highest BCUT2D eigenvalue weighted by Crippen LogP contribution is 2.13. The van der Waals surface area contributed by atoms with Gasteiger partial charge in [-0.3, -0.25) is 0 Å². The van der Waals surface area contributed by atoms with Gasteiger partial charge in [-0.25, -0.2) is 4.57 Å². The summed E-state index contributed by atoms with van der Waals surface area (Å²) in [5.74, 6) is 1.23. The van der Waals surface area contributed by atoms with E-state index in [1.165, 1.54) is 36.3 Å². The van der Waals surface area contributed by atoms with Crippen molar-refractivity contribution in [3.05, 3.63) is 42.0 Å². The van der Waals surface area contributed by atoms with E-state index in [2.05, 4.69) is 42.1 Å². The summed E-state index contributed by atoms with van der Waals surface area (Å²) in [6.07, 6.45) is 7.12. The molecular formula is C14H18N3+. The molecule has 0 atom stereocenters. The number of aryl methyl sites for hydroxylation is 3. The van der Waals surface area contributed by atoms with Crippen LogP contribution in [0, 0.1) is 6.92 Å². The van der Waals surface area contributed by atoms with Crippen molar-refractivity contribution in [3.63, 3.8) is 0 Å². The number of aromatic nitrogens is 3. The Balaban J connectivity index is 2.02. The first-order valence-electron chi connectivity index (χ1n) is 6.38. The van der Waals surface area contributed by atoms with E-state index < -0.39 is 0 Å². The number of hydrogen-bond donors (Lipinski definition) is 0. The Bertz CT molecular complexity index is 505. The Morgan fingerprint density at radius 1 is 1.18 bits per heavy atom. The van der Waals surface area contributed by atoms with Crippen molar-refractivity contribution >= 4 is 0 Å². The Labute approximate surface area is 102 Å². The minimum atomic E-state index is 1.11. The van der Waals surface area contributed by atoms with Crippen LogP contribution in [0.25, 0.3) is 5.69 Å². The van der Waals surface area contributed by atoms with E-state index in [1.54, 1.807) is 0 Å². The van der Waals surface area contributed by atoms with E-state index in [1.807, 2.05) is 4.68 Å². The maximum Gasteiger partial charge on any atom is 0.277 e. The van der Waals surface area contributed by atoms with Gasteiger partial charge in [0.25, 0.3) is 5.82 Å². The molecule has 0 saturated carbocycles. The lowest BCUT2D eigenvalue weighted by Crippen LogP contribution is -2.34. The molecule has 0 radical (unpaired) electrons. The summed E-state index contributed by atoms with van der Waals surface area (Å²) in [4.78, 5) is 0. The van der Waals surface area contributed by atoms with Gasteiger partial charge in [-0.2, -0.15) is 0 Å². The van der Waals surface area contributed by atoms with Gasteiger partial charge in [0, 0.05) is 11.5 Å². The van der Waals surface area contributed by atoms with Crippen molar-refractivity contribution in [1.82, 2.24) is 9.78 Å². The van der Waals surface area contributed by atoms with Gasteiger partial charge in [-0.05, 0) is 37.8 Å². The number of nitrogens with zero attached hydrogens (tertiary/aromatic N) is 3. The van der Waals surface area contributed by atoms with Gasteiger partial charge in [0.1, 0.15) is 5.69 Å². The van der Waals surface area contributed by atoms with Crippen molar-refractivity contribution < 1.29 is 4.57 Å². The molecule has 0 unspecified atom stereocenters. The Kier molecular flexibility index (Phi) is 2.67. The molecule has 1 aromatic carbocycles. The molecule has 1 aromatic heterocycles. The van der Waals surface area contributed by atoms with Crippen molar-refractivity contribution in [2.75, 3.05) is 0 Å². The number of fused-ring (bicyclic) bond motifs is 1. The van der Waals surface area contributed by atoms with E-state index >= 15 is 0 Å². The first-order chi connectivity index (χ1) is 8.34. The molecule has 0 spiro atoms. The summed E-state index contributed by atoms with van der Waals surface area (Å²) >= 11 is 0. The van der Waals surface area contributed by atoms with Crippen LogP contribution in [0.2, 0.25) is 0 Å². The SMILES string of the molecule is Cc1ccccc1-n1c[n+]2c(n1)CCCCC2. The van der Waals surface area contributed by atoms with E-state index in [4.69, 9.17) is 5.10 Å². The predicted molar refractivity (Wildman–Crippen MR) is 66.1 cm³/mol. The summed E-state index contributed by atoms with van der Waals surface area (Å²) < 4.78 is 4.33. The third kappa shape index (κ3) is 1.97. The maximum absolute atomic E-state index is 4.72. The quantitative estimate of drug-likeness (QED) is 0.686. The molecule has 1 aliphatic heterocycles. The molecule has 2 aromatic rings. The van der Waals surface area contributed by atoms with E-state index in [0.717, 1.165) is 13.0 Å². The second-order valence-corrected chi connectivity index (χ2v) is 4.77. The number of para-hydroxylation sites is 1. The summed E-state index contributed by atoms with van der Waals surface area (Å²) in [7, 11) is 0. The average Bonchev–Trinajstić information content (AvgIpc) is 2.61. The molecule has 3 nitrogen and oxygen atoms in total. The Morgan fingerprint density at radius 2 is 2.06 bits per heavy atom. The van der Waals surface area contributed by atoms with Gasteiger partial charge in [0.2, 0.25) is 6.33 Å². The molecule has 2 heterocycles. The second-order valence-electron chi connectivity index (χ2n) is 4.77. The highest BCUT2D eigenvalue weighted by atomic mass is 15.4. The molecule has 0 bridgehead atoms. The molecule has 0 amide bonds. The first kappa shape index (κ1) is 10.5. The third-order valence-corrected chi connectivity index (χ3v) is 3.47. The van der Waals surface area contributed by atoms with Crippen LogP contribution in [0.4, 0.5) is 0 Å². The zero-order valence-electron chi connectivity index (χ0n) is 10.3. The third-order valence-electron chi connectivity index (χ3n) is 3.47. The number of hydrogen-bond acceptors (Lipinski definition) is 1. The Morgan fingerprint density at radius 3 is 2.94 bits per heavy atom. The van der Waals surface area contributed by atoms with Crippen molar-refractivity contribution in [3.8, 4) is 5.69 Å². The highest BCUT2D eigenvalue weighted by Gasteiger charge is 2.20. The fraction of sp³-hybridized carbons (Fsp3) is 0.429. The van der Waals surface area contributed by atoms with Crippen molar-refractivity contribution in [2.24, 2.45) is 0 Å². The van der Waals surface area contributed by atoms with Crippen LogP contribution in [-0.2, 0) is 13.0 Å². The molecule has 0 aliphatic carbocycles. The zero-order valence-corrected chi connectivity index (χ0v) is 10.3. The number of rotatable bonds is 1. The summed E-state index contributed by atoms with van der Waals surface area (Å²) in [6, 6.07) is 8.40. The summed E-state index contributed by atoms with van der Waals surface area (Å²) in [6.45, 7) is 3.24. The molecule has 0 saturated heterocycles. The topological polar surface area (TPSA) is 21.7 Å². The van der Waals surface area contributed by atoms with Gasteiger partial charge >= 0.3 is 0 Å². The maximum atomic E-state index is 4.72. The molecular weight excluding hydrogens is 210 g/mol. The zero-order chi connectivity index (χ0) is 11.7.